The number of hydrogen-bond acceptors (Lipinski definition) is 10. The molecule has 10 atom stereocenters. The van der Waals surface area contributed by atoms with Crippen molar-refractivity contribution in [3.63, 3.8) is 0 Å². The minimum absolute atomic E-state index is 0.245. The molecule has 3 aliphatic heterocycles. The average molecular weight is 649 g/mol. The van der Waals surface area contributed by atoms with Gasteiger partial charge in [0, 0.05) is 7.11 Å². The lowest BCUT2D eigenvalue weighted by atomic mass is 9.97. The molecule has 3 aromatic rings. The smallest absolute Gasteiger partial charge is 0.338 e. The summed E-state index contributed by atoms with van der Waals surface area (Å²) in [5.41, 5.74) is 2.34. The van der Waals surface area contributed by atoms with Crippen LogP contribution in [0.2, 0.25) is 0 Å². The molecule has 3 aliphatic rings. The molecule has 0 spiro atoms. The van der Waals surface area contributed by atoms with Crippen molar-refractivity contribution < 1.29 is 47.4 Å². The van der Waals surface area contributed by atoms with E-state index in [0.29, 0.717) is 5.56 Å². The summed E-state index contributed by atoms with van der Waals surface area (Å²) in [6.07, 6.45) is -6.66. The predicted molar refractivity (Wildman–Crippen MR) is 170 cm³/mol. The highest BCUT2D eigenvalue weighted by molar-refractivity contribution is 5.89. The van der Waals surface area contributed by atoms with Gasteiger partial charge in [0.2, 0.25) is 0 Å². The minimum atomic E-state index is -0.940. The predicted octanol–water partition coefficient (Wildman–Crippen LogP) is 5.42. The number of fused-ring (bicyclic) bond motifs is 1. The first-order valence-corrected chi connectivity index (χ1v) is 16.1. The van der Waals surface area contributed by atoms with Crippen LogP contribution in [0, 0.1) is 0 Å². The van der Waals surface area contributed by atoms with Gasteiger partial charge in [-0.05, 0) is 51.0 Å². The van der Waals surface area contributed by atoms with Gasteiger partial charge in [0.25, 0.3) is 0 Å². The molecule has 0 radical (unpaired) electrons. The van der Waals surface area contributed by atoms with Crippen molar-refractivity contribution in [2.75, 3.05) is 7.11 Å². The number of methoxy groups -OCH3 is 1. The molecule has 3 fully saturated rings. The van der Waals surface area contributed by atoms with E-state index in [9.17, 15) is 4.79 Å². The molecule has 6 rings (SSSR count). The summed E-state index contributed by atoms with van der Waals surface area (Å²) < 4.78 is 57.0. The zero-order chi connectivity index (χ0) is 33.0. The SMILES string of the molecule is CO[C@@H]1O[C@@H](C)[C@H](O[C@@H]2O[C@H](C)[C@@H](OC(=O)c3ccccc3)[C@H](OCc3ccccc3)[C@@H]2OCc2ccccc2)[C@H]2OC(C)(C)O[C@@H]12. The highest BCUT2D eigenvalue weighted by Gasteiger charge is 2.57. The fraction of sp³-hybridized carbons (Fsp3) is 0.486. The molecule has 3 heterocycles. The van der Waals surface area contributed by atoms with Crippen LogP contribution in [-0.4, -0.2) is 80.3 Å². The maximum Gasteiger partial charge on any atom is 0.338 e. The second kappa shape index (κ2) is 14.9. The molecule has 0 unspecified atom stereocenters. The van der Waals surface area contributed by atoms with Crippen molar-refractivity contribution in [3.8, 4) is 0 Å². The molecule has 0 amide bonds. The van der Waals surface area contributed by atoms with E-state index in [1.807, 2.05) is 94.4 Å². The number of carbonyl (C=O) groups excluding carboxylic acids is 1. The van der Waals surface area contributed by atoms with Crippen molar-refractivity contribution in [2.45, 2.75) is 108 Å². The number of hydrogen-bond donors (Lipinski definition) is 0. The molecular weight excluding hydrogens is 604 g/mol. The maximum atomic E-state index is 13.4. The van der Waals surface area contributed by atoms with Crippen LogP contribution in [-0.2, 0) is 55.8 Å². The van der Waals surface area contributed by atoms with E-state index in [4.69, 9.17) is 42.6 Å². The third kappa shape index (κ3) is 7.93. The number of carbonyl (C=O) groups is 1. The van der Waals surface area contributed by atoms with Gasteiger partial charge in [0.05, 0.1) is 31.0 Å². The Morgan fingerprint density at radius 1 is 0.660 bits per heavy atom. The Morgan fingerprint density at radius 3 is 1.77 bits per heavy atom. The molecule has 0 aromatic heterocycles. The van der Waals surface area contributed by atoms with Crippen LogP contribution in [0.25, 0.3) is 0 Å². The van der Waals surface area contributed by atoms with E-state index < -0.39 is 73.2 Å². The standard InChI is InChI=1S/C37H44O10/c1-23-28(44-34(38)27-19-13-8-14-20-27)30(40-21-25-15-9-6-10-16-25)32(41-22-26-17-11-7-12-18-26)36(43-23)45-29-24(2)42-35(39-5)33-31(29)46-37(3,4)47-33/h6-20,23-24,28-33,35-36H,21-22H2,1-5H3/t23-,24+,28-,29+,30+,31-,32+,33-,35-,36+/m1/s1. The van der Waals surface area contributed by atoms with Crippen LogP contribution < -0.4 is 0 Å². The number of rotatable bonds is 11. The van der Waals surface area contributed by atoms with Crippen LogP contribution >= 0.6 is 0 Å². The number of benzene rings is 3. The summed E-state index contributed by atoms with van der Waals surface area (Å²) in [5.74, 6) is -1.36. The van der Waals surface area contributed by atoms with Gasteiger partial charge in [0.15, 0.2) is 24.5 Å². The molecule has 10 nitrogen and oxygen atoms in total. The third-order valence-electron chi connectivity index (χ3n) is 8.64. The molecule has 252 valence electrons. The molecule has 10 heteroatoms. The Balaban J connectivity index is 1.31. The van der Waals surface area contributed by atoms with Gasteiger partial charge in [-0.3, -0.25) is 0 Å². The topological polar surface area (TPSA) is 100 Å². The first-order valence-electron chi connectivity index (χ1n) is 16.1. The molecular formula is C37H44O10. The summed E-state index contributed by atoms with van der Waals surface area (Å²) in [6, 6.07) is 28.5. The average Bonchev–Trinajstić information content (AvgIpc) is 3.41. The monoisotopic (exact) mass is 648 g/mol. The second-order valence-corrected chi connectivity index (χ2v) is 12.6. The zero-order valence-electron chi connectivity index (χ0n) is 27.4. The van der Waals surface area contributed by atoms with Gasteiger partial charge in [0.1, 0.15) is 30.5 Å². The Labute approximate surface area is 276 Å². The Kier molecular flexibility index (Phi) is 10.7. The van der Waals surface area contributed by atoms with E-state index >= 15 is 0 Å². The lowest BCUT2D eigenvalue weighted by molar-refractivity contribution is -0.350. The van der Waals surface area contributed by atoms with E-state index in [1.165, 1.54) is 0 Å². The van der Waals surface area contributed by atoms with Crippen LogP contribution in [0.1, 0.15) is 49.2 Å². The first kappa shape index (κ1) is 33.7. The van der Waals surface area contributed by atoms with Gasteiger partial charge in [-0.25, -0.2) is 4.79 Å². The van der Waals surface area contributed by atoms with E-state index in [1.54, 1.807) is 31.4 Å². The van der Waals surface area contributed by atoms with Crippen LogP contribution in [0.4, 0.5) is 0 Å². The fourth-order valence-corrected chi connectivity index (χ4v) is 6.36. The van der Waals surface area contributed by atoms with Crippen molar-refractivity contribution in [1.29, 1.82) is 0 Å². The van der Waals surface area contributed by atoms with Crippen LogP contribution in [0.15, 0.2) is 91.0 Å². The Morgan fingerprint density at radius 2 is 1.17 bits per heavy atom. The summed E-state index contributed by atoms with van der Waals surface area (Å²) in [7, 11) is 1.58. The highest BCUT2D eigenvalue weighted by atomic mass is 16.8. The fourth-order valence-electron chi connectivity index (χ4n) is 6.36. The van der Waals surface area contributed by atoms with Gasteiger partial charge in [-0.15, -0.1) is 0 Å². The van der Waals surface area contributed by atoms with Gasteiger partial charge < -0.3 is 42.6 Å². The van der Waals surface area contributed by atoms with Crippen molar-refractivity contribution in [2.24, 2.45) is 0 Å². The lowest BCUT2D eigenvalue weighted by Gasteiger charge is -2.47. The number of esters is 1. The van der Waals surface area contributed by atoms with Crippen molar-refractivity contribution in [1.82, 2.24) is 0 Å². The second-order valence-electron chi connectivity index (χ2n) is 12.6. The van der Waals surface area contributed by atoms with Crippen molar-refractivity contribution in [3.05, 3.63) is 108 Å². The van der Waals surface area contributed by atoms with Crippen LogP contribution in [0.5, 0.6) is 0 Å². The third-order valence-corrected chi connectivity index (χ3v) is 8.64. The van der Waals surface area contributed by atoms with Crippen LogP contribution in [0.3, 0.4) is 0 Å². The number of ether oxygens (including phenoxy) is 9. The highest BCUT2D eigenvalue weighted by Crippen LogP contribution is 2.41. The summed E-state index contributed by atoms with van der Waals surface area (Å²) in [5, 5.41) is 0. The molecule has 3 saturated heterocycles. The molecule has 3 aromatic carbocycles. The normalized spacial score (nSPS) is 33.2. The quantitative estimate of drug-likeness (QED) is 0.251. The minimum Gasteiger partial charge on any atom is -0.453 e. The van der Waals surface area contributed by atoms with Gasteiger partial charge >= 0.3 is 5.97 Å². The first-order chi connectivity index (χ1) is 22.7. The van der Waals surface area contributed by atoms with E-state index in [0.717, 1.165) is 11.1 Å². The Hall–Kier alpha value is -3.19. The summed E-state index contributed by atoms with van der Waals surface area (Å²) in [4.78, 5) is 13.4. The van der Waals surface area contributed by atoms with E-state index in [2.05, 4.69) is 0 Å². The van der Waals surface area contributed by atoms with E-state index in [-0.39, 0.29) is 13.2 Å². The largest absolute Gasteiger partial charge is 0.453 e. The Bertz CT molecular complexity index is 1420. The van der Waals surface area contributed by atoms with Gasteiger partial charge in [-0.2, -0.15) is 0 Å². The summed E-state index contributed by atoms with van der Waals surface area (Å²) in [6.45, 7) is 7.95. The molecule has 0 bridgehead atoms. The summed E-state index contributed by atoms with van der Waals surface area (Å²) >= 11 is 0. The molecule has 47 heavy (non-hydrogen) atoms. The van der Waals surface area contributed by atoms with Gasteiger partial charge in [-0.1, -0.05) is 78.9 Å². The molecule has 0 aliphatic carbocycles. The lowest BCUT2D eigenvalue weighted by Crippen LogP contribution is -2.64. The molecule has 0 N–H and O–H groups in total. The molecule has 0 saturated carbocycles. The zero-order valence-corrected chi connectivity index (χ0v) is 27.4. The maximum absolute atomic E-state index is 13.4. The van der Waals surface area contributed by atoms with Crippen molar-refractivity contribution >= 4 is 5.97 Å².